The summed E-state index contributed by atoms with van der Waals surface area (Å²) in [6, 6.07) is 3.34. The Labute approximate surface area is 136 Å². The third-order valence-corrected chi connectivity index (χ3v) is 5.63. The number of benzene rings is 1. The number of carbonyl (C=O) groups is 2. The minimum atomic E-state index is -4.44. The Kier molecular flexibility index (Phi) is 3.06. The van der Waals surface area contributed by atoms with E-state index >= 15 is 0 Å². The average Bonchev–Trinajstić information content (AvgIpc) is 3.01. The summed E-state index contributed by atoms with van der Waals surface area (Å²) >= 11 is 0. The van der Waals surface area contributed by atoms with Crippen LogP contribution in [-0.4, -0.2) is 22.8 Å². The lowest BCUT2D eigenvalue weighted by molar-refractivity contribution is -0.141. The molecule has 0 bridgehead atoms. The maximum absolute atomic E-state index is 12.9. The molecular formula is C17H16F3NO3. The molecule has 1 spiro atoms. The average molecular weight is 339 g/mol. The van der Waals surface area contributed by atoms with Crippen LogP contribution in [0.1, 0.15) is 37.3 Å². The first kappa shape index (κ1) is 15.5. The van der Waals surface area contributed by atoms with Crippen LogP contribution in [0, 0.1) is 11.3 Å². The number of rotatable bonds is 0. The Balaban J connectivity index is 1.70. The fraction of sp³-hybridized carbons (Fsp3) is 0.529. The molecule has 2 aliphatic heterocycles. The van der Waals surface area contributed by atoms with E-state index in [-0.39, 0.29) is 30.6 Å². The van der Waals surface area contributed by atoms with Crippen LogP contribution < -0.4 is 4.74 Å². The van der Waals surface area contributed by atoms with Crippen molar-refractivity contribution < 1.29 is 27.5 Å². The van der Waals surface area contributed by atoms with Crippen LogP contribution in [0.5, 0.6) is 5.75 Å². The molecule has 1 saturated carbocycles. The summed E-state index contributed by atoms with van der Waals surface area (Å²) in [5, 5.41) is 0. The third kappa shape index (κ3) is 1.99. The summed E-state index contributed by atoms with van der Waals surface area (Å²) in [7, 11) is 0. The molecule has 24 heavy (non-hydrogen) atoms. The van der Waals surface area contributed by atoms with Crippen molar-refractivity contribution in [2.45, 2.75) is 45.1 Å². The normalized spacial score (nSPS) is 32.1. The zero-order chi connectivity index (χ0) is 17.3. The van der Waals surface area contributed by atoms with Gasteiger partial charge in [0.2, 0.25) is 5.91 Å². The second-order valence-electron chi connectivity index (χ2n) is 6.92. The van der Waals surface area contributed by atoms with E-state index in [9.17, 15) is 22.8 Å². The fourth-order valence-electron chi connectivity index (χ4n) is 4.24. The summed E-state index contributed by atoms with van der Waals surface area (Å²) in [6.07, 6.45) is -3.89. The van der Waals surface area contributed by atoms with Gasteiger partial charge in [-0.3, -0.25) is 9.59 Å². The number of amides is 1. The van der Waals surface area contributed by atoms with Crippen LogP contribution in [0.4, 0.5) is 13.2 Å². The van der Waals surface area contributed by atoms with Gasteiger partial charge in [-0.05, 0) is 24.6 Å². The van der Waals surface area contributed by atoms with Crippen molar-refractivity contribution in [3.05, 3.63) is 29.3 Å². The largest absolute Gasteiger partial charge is 0.470 e. The van der Waals surface area contributed by atoms with E-state index in [0.29, 0.717) is 24.2 Å². The minimum Gasteiger partial charge on any atom is -0.470 e. The van der Waals surface area contributed by atoms with Gasteiger partial charge in [0.15, 0.2) is 6.23 Å². The van der Waals surface area contributed by atoms with E-state index < -0.39 is 23.4 Å². The summed E-state index contributed by atoms with van der Waals surface area (Å²) in [5.41, 5.74) is -1.16. The van der Waals surface area contributed by atoms with Gasteiger partial charge in [-0.25, -0.2) is 0 Å². The van der Waals surface area contributed by atoms with Crippen molar-refractivity contribution in [3.63, 3.8) is 0 Å². The zero-order valence-corrected chi connectivity index (χ0v) is 13.0. The highest BCUT2D eigenvalue weighted by Gasteiger charge is 2.61. The number of halogens is 3. The van der Waals surface area contributed by atoms with Gasteiger partial charge < -0.3 is 9.64 Å². The topological polar surface area (TPSA) is 46.6 Å². The standard InChI is InChI=1S/C17H16F3NO3/c1-9-14-21(15(23)16(9)5-4-12(22)7-16)8-10-6-11(17(18,19)20)2-3-13(10)24-14/h2-3,6,9,14H,4-5,7-8H2,1H3/t9?,14?,16-/m0/s1. The van der Waals surface area contributed by atoms with Crippen LogP contribution >= 0.6 is 0 Å². The molecule has 1 aliphatic carbocycles. The second kappa shape index (κ2) is 4.74. The summed E-state index contributed by atoms with van der Waals surface area (Å²) in [5.74, 6) is 0.0954. The van der Waals surface area contributed by atoms with Crippen molar-refractivity contribution in [3.8, 4) is 5.75 Å². The number of hydrogen-bond acceptors (Lipinski definition) is 3. The van der Waals surface area contributed by atoms with Gasteiger partial charge in [-0.2, -0.15) is 13.2 Å². The van der Waals surface area contributed by atoms with Crippen molar-refractivity contribution in [1.29, 1.82) is 0 Å². The van der Waals surface area contributed by atoms with Crippen LogP contribution in [0.2, 0.25) is 0 Å². The van der Waals surface area contributed by atoms with Crippen molar-refractivity contribution in [2.24, 2.45) is 11.3 Å². The van der Waals surface area contributed by atoms with Gasteiger partial charge in [-0.1, -0.05) is 6.92 Å². The SMILES string of the molecule is CC1C2Oc3ccc(C(F)(F)F)cc3CN2C(=O)[C@]12CCC(=O)C2. The number of alkyl halides is 3. The lowest BCUT2D eigenvalue weighted by atomic mass is 9.76. The molecule has 4 rings (SSSR count). The van der Waals surface area contributed by atoms with Crippen LogP contribution in [0.15, 0.2) is 18.2 Å². The monoisotopic (exact) mass is 339 g/mol. The molecule has 1 saturated heterocycles. The van der Waals surface area contributed by atoms with E-state index in [1.807, 2.05) is 6.92 Å². The molecule has 1 aromatic rings. The fourth-order valence-corrected chi connectivity index (χ4v) is 4.24. The molecule has 2 unspecified atom stereocenters. The number of ketones is 1. The summed E-state index contributed by atoms with van der Waals surface area (Å²) in [4.78, 5) is 26.1. The number of fused-ring (bicyclic) bond motifs is 2. The van der Waals surface area contributed by atoms with Crippen LogP contribution in [0.25, 0.3) is 0 Å². The highest BCUT2D eigenvalue weighted by molar-refractivity contribution is 5.95. The Morgan fingerprint density at radius 3 is 2.67 bits per heavy atom. The molecular weight excluding hydrogens is 323 g/mol. The van der Waals surface area contributed by atoms with E-state index in [1.54, 1.807) is 0 Å². The Morgan fingerprint density at radius 2 is 2.04 bits per heavy atom. The molecule has 4 nitrogen and oxygen atoms in total. The van der Waals surface area contributed by atoms with Gasteiger partial charge in [0.1, 0.15) is 11.5 Å². The minimum absolute atomic E-state index is 0.0620. The Morgan fingerprint density at radius 1 is 1.29 bits per heavy atom. The number of carbonyl (C=O) groups excluding carboxylic acids is 2. The van der Waals surface area contributed by atoms with E-state index in [0.717, 1.165) is 12.1 Å². The number of hydrogen-bond donors (Lipinski definition) is 0. The van der Waals surface area contributed by atoms with Gasteiger partial charge in [-0.15, -0.1) is 0 Å². The first-order valence-corrected chi connectivity index (χ1v) is 7.92. The molecule has 3 atom stereocenters. The molecule has 2 heterocycles. The maximum atomic E-state index is 12.9. The van der Waals surface area contributed by atoms with Gasteiger partial charge in [0, 0.05) is 24.3 Å². The second-order valence-corrected chi connectivity index (χ2v) is 6.92. The van der Waals surface area contributed by atoms with Crippen LogP contribution in [0.3, 0.4) is 0 Å². The molecule has 1 aromatic carbocycles. The molecule has 0 radical (unpaired) electrons. The predicted octanol–water partition coefficient (Wildman–Crippen LogP) is 3.14. The van der Waals surface area contributed by atoms with E-state index in [2.05, 4.69) is 0 Å². The first-order valence-electron chi connectivity index (χ1n) is 7.92. The Bertz CT molecular complexity index is 745. The third-order valence-electron chi connectivity index (χ3n) is 5.63. The zero-order valence-electron chi connectivity index (χ0n) is 13.0. The van der Waals surface area contributed by atoms with Crippen molar-refractivity contribution in [2.75, 3.05) is 0 Å². The first-order chi connectivity index (χ1) is 11.2. The van der Waals surface area contributed by atoms with E-state index in [4.69, 9.17) is 4.74 Å². The molecule has 0 aromatic heterocycles. The molecule has 128 valence electrons. The summed E-state index contributed by atoms with van der Waals surface area (Å²) < 4.78 is 44.5. The van der Waals surface area contributed by atoms with E-state index in [1.165, 1.54) is 11.0 Å². The predicted molar refractivity (Wildman–Crippen MR) is 76.9 cm³/mol. The highest BCUT2D eigenvalue weighted by atomic mass is 19.4. The quantitative estimate of drug-likeness (QED) is 0.729. The highest BCUT2D eigenvalue weighted by Crippen LogP contribution is 2.53. The van der Waals surface area contributed by atoms with Crippen molar-refractivity contribution >= 4 is 11.7 Å². The summed E-state index contributed by atoms with van der Waals surface area (Å²) in [6.45, 7) is 1.97. The Hall–Kier alpha value is -2.05. The lowest BCUT2D eigenvalue weighted by Crippen LogP contribution is -2.42. The smallest absolute Gasteiger partial charge is 0.416 e. The number of nitrogens with zero attached hydrogens (tertiary/aromatic N) is 1. The number of ether oxygens (including phenoxy) is 1. The van der Waals surface area contributed by atoms with Gasteiger partial charge >= 0.3 is 6.18 Å². The van der Waals surface area contributed by atoms with Crippen molar-refractivity contribution in [1.82, 2.24) is 4.90 Å². The molecule has 7 heteroatoms. The van der Waals surface area contributed by atoms with Gasteiger partial charge in [0.25, 0.3) is 0 Å². The van der Waals surface area contributed by atoms with Crippen LogP contribution in [-0.2, 0) is 22.3 Å². The molecule has 1 amide bonds. The lowest BCUT2D eigenvalue weighted by Gasteiger charge is -2.34. The van der Waals surface area contributed by atoms with Gasteiger partial charge in [0.05, 0.1) is 17.5 Å². The molecule has 0 N–H and O–H groups in total. The molecule has 3 aliphatic rings. The number of Topliss-reactive ketones (excluding diaryl/α,β-unsaturated/α-hetero) is 1. The molecule has 2 fully saturated rings. The maximum Gasteiger partial charge on any atom is 0.416 e.